The molecule has 0 radical (unpaired) electrons. The molecule has 176 valence electrons. The molecule has 0 saturated carbocycles. The van der Waals surface area contributed by atoms with Crippen LogP contribution in [0.15, 0.2) is 78.0 Å². The van der Waals surface area contributed by atoms with E-state index in [-0.39, 0.29) is 16.6 Å². The van der Waals surface area contributed by atoms with E-state index in [2.05, 4.69) is 15.2 Å². The van der Waals surface area contributed by atoms with E-state index in [1.165, 1.54) is 12.1 Å². The van der Waals surface area contributed by atoms with Gasteiger partial charge < -0.3 is 4.90 Å². The molecule has 0 aliphatic carbocycles. The third-order valence-electron chi connectivity index (χ3n) is 5.31. The van der Waals surface area contributed by atoms with Gasteiger partial charge in [0, 0.05) is 31.9 Å². The number of rotatable bonds is 9. The molecule has 1 amide bonds. The van der Waals surface area contributed by atoms with Crippen molar-refractivity contribution in [2.75, 3.05) is 13.1 Å². The van der Waals surface area contributed by atoms with Crippen molar-refractivity contribution < 1.29 is 13.2 Å². The van der Waals surface area contributed by atoms with Crippen LogP contribution >= 0.6 is 0 Å². The largest absolute Gasteiger partial charge is 0.334 e. The molecule has 2 N–H and O–H groups in total. The zero-order valence-electron chi connectivity index (χ0n) is 18.7. The van der Waals surface area contributed by atoms with Gasteiger partial charge in [0.05, 0.1) is 17.1 Å². The molecule has 2 aromatic carbocycles. The zero-order chi connectivity index (χ0) is 24.1. The Balaban J connectivity index is 1.65. The maximum atomic E-state index is 13.2. The lowest BCUT2D eigenvalue weighted by molar-refractivity contribution is 0.0745. The van der Waals surface area contributed by atoms with Crippen LogP contribution in [0.4, 0.5) is 0 Å². The quantitative estimate of drug-likeness (QED) is 0.390. The first-order chi connectivity index (χ1) is 16.3. The molecule has 0 bridgehead atoms. The van der Waals surface area contributed by atoms with E-state index in [0.29, 0.717) is 37.6 Å². The third-order valence-corrected chi connectivity index (χ3v) is 6.24. The monoisotopic (exact) mass is 479 g/mol. The summed E-state index contributed by atoms with van der Waals surface area (Å²) in [4.78, 5) is 19.5. The number of sulfonamides is 1. The average Bonchev–Trinajstić information content (AvgIpc) is 3.50. The summed E-state index contributed by atoms with van der Waals surface area (Å²) in [6.45, 7) is 3.41. The van der Waals surface area contributed by atoms with Crippen LogP contribution in [0.1, 0.15) is 28.9 Å². The van der Waals surface area contributed by atoms with Gasteiger partial charge in [-0.3, -0.25) is 9.48 Å². The van der Waals surface area contributed by atoms with Gasteiger partial charge in [-0.1, -0.05) is 30.3 Å². The third kappa shape index (κ3) is 5.38. The van der Waals surface area contributed by atoms with Crippen molar-refractivity contribution in [2.45, 2.75) is 24.8 Å². The second kappa shape index (κ2) is 9.98. The molecule has 34 heavy (non-hydrogen) atoms. The molecule has 0 fully saturated rings. The fraction of sp³-hybridized carbons (Fsp3) is 0.217. The number of nitrogens with zero attached hydrogens (tertiary/aromatic N) is 6. The average molecular weight is 480 g/mol. The van der Waals surface area contributed by atoms with Gasteiger partial charge in [0.2, 0.25) is 15.8 Å². The predicted octanol–water partition coefficient (Wildman–Crippen LogP) is 1.86. The first-order valence-corrected chi connectivity index (χ1v) is 12.3. The number of hydrogen-bond acceptors (Lipinski definition) is 6. The Morgan fingerprint density at radius 1 is 1.06 bits per heavy atom. The summed E-state index contributed by atoms with van der Waals surface area (Å²) in [7, 11) is -3.82. The van der Waals surface area contributed by atoms with Crippen LogP contribution in [0.3, 0.4) is 0 Å². The smallest absolute Gasteiger partial charge is 0.293 e. The number of benzene rings is 2. The molecular formula is C23H25N7O3S. The van der Waals surface area contributed by atoms with Gasteiger partial charge in [-0.05, 0) is 42.8 Å². The Labute approximate surface area is 197 Å². The highest BCUT2D eigenvalue weighted by Gasteiger charge is 2.22. The molecule has 0 aliphatic rings. The maximum Gasteiger partial charge on any atom is 0.293 e. The van der Waals surface area contributed by atoms with Crippen molar-refractivity contribution in [3.05, 3.63) is 90.3 Å². The second-order valence-electron chi connectivity index (χ2n) is 7.62. The lowest BCUT2D eigenvalue weighted by atomic mass is 10.1. The standard InChI is InChI=1S/C23H25N7O3S/c1-2-28(15-16-29-14-6-13-25-29)23(31)22-26-21(17-18-7-4-3-5-8-18)30(27-22)19-9-11-20(12-10-19)34(24,32)33/h3-14H,2,15-17H2,1H3,(H2,24,32,33). The van der Waals surface area contributed by atoms with Gasteiger partial charge in [-0.15, -0.1) is 5.10 Å². The number of amides is 1. The number of carbonyl (C=O) groups excluding carboxylic acids is 1. The van der Waals surface area contributed by atoms with E-state index in [1.54, 1.807) is 32.6 Å². The van der Waals surface area contributed by atoms with Crippen molar-refractivity contribution >= 4 is 15.9 Å². The molecule has 10 nitrogen and oxygen atoms in total. The number of nitrogens with two attached hydrogens (primary N) is 1. The zero-order valence-corrected chi connectivity index (χ0v) is 19.5. The number of carbonyl (C=O) groups is 1. The van der Waals surface area contributed by atoms with Crippen LogP contribution in [0.2, 0.25) is 0 Å². The molecular weight excluding hydrogens is 454 g/mol. The number of primary sulfonamides is 1. The van der Waals surface area contributed by atoms with Crippen LogP contribution < -0.4 is 5.14 Å². The summed E-state index contributed by atoms with van der Waals surface area (Å²) < 4.78 is 26.6. The maximum absolute atomic E-state index is 13.2. The van der Waals surface area contributed by atoms with E-state index < -0.39 is 10.0 Å². The van der Waals surface area contributed by atoms with E-state index >= 15 is 0 Å². The minimum Gasteiger partial charge on any atom is -0.334 e. The molecule has 4 rings (SSSR count). The SMILES string of the molecule is CCN(CCn1cccn1)C(=O)c1nc(Cc2ccccc2)n(-c2ccc(S(N)(=O)=O)cc2)n1. The Morgan fingerprint density at radius 3 is 2.41 bits per heavy atom. The molecule has 0 atom stereocenters. The van der Waals surface area contributed by atoms with Gasteiger partial charge in [0.15, 0.2) is 0 Å². The molecule has 0 spiro atoms. The highest BCUT2D eigenvalue weighted by molar-refractivity contribution is 7.89. The summed E-state index contributed by atoms with van der Waals surface area (Å²) in [5.74, 6) is 0.341. The van der Waals surface area contributed by atoms with Crippen LogP contribution in [-0.2, 0) is 23.0 Å². The van der Waals surface area contributed by atoms with E-state index in [4.69, 9.17) is 5.14 Å². The Morgan fingerprint density at radius 2 is 1.79 bits per heavy atom. The highest BCUT2D eigenvalue weighted by Crippen LogP contribution is 2.17. The van der Waals surface area contributed by atoms with E-state index in [9.17, 15) is 13.2 Å². The Kier molecular flexibility index (Phi) is 6.85. The predicted molar refractivity (Wildman–Crippen MR) is 126 cm³/mol. The van der Waals surface area contributed by atoms with Gasteiger partial charge in [-0.2, -0.15) is 5.10 Å². The fourth-order valence-corrected chi connectivity index (χ4v) is 4.03. The van der Waals surface area contributed by atoms with Crippen LogP contribution in [0.25, 0.3) is 5.69 Å². The Bertz CT molecular complexity index is 1350. The number of aromatic nitrogens is 5. The van der Waals surface area contributed by atoms with E-state index in [1.807, 2.05) is 49.5 Å². The first-order valence-electron chi connectivity index (χ1n) is 10.7. The second-order valence-corrected chi connectivity index (χ2v) is 9.18. The topological polar surface area (TPSA) is 129 Å². The van der Waals surface area contributed by atoms with Crippen LogP contribution in [-0.4, -0.2) is 56.9 Å². The first kappa shape index (κ1) is 23.3. The summed E-state index contributed by atoms with van der Waals surface area (Å²) in [5.41, 5.74) is 1.58. The summed E-state index contributed by atoms with van der Waals surface area (Å²) in [6.07, 6.45) is 3.98. The van der Waals surface area contributed by atoms with Crippen LogP contribution in [0.5, 0.6) is 0 Å². The molecule has 0 saturated heterocycles. The number of likely N-dealkylation sites (N-methyl/N-ethyl adjacent to an activating group) is 1. The van der Waals surface area contributed by atoms with Gasteiger partial charge in [0.1, 0.15) is 5.82 Å². The molecule has 2 heterocycles. The van der Waals surface area contributed by atoms with Crippen molar-refractivity contribution in [1.29, 1.82) is 0 Å². The fourth-order valence-electron chi connectivity index (χ4n) is 3.51. The minimum atomic E-state index is -3.82. The number of hydrogen-bond donors (Lipinski definition) is 1. The molecule has 4 aromatic rings. The van der Waals surface area contributed by atoms with Gasteiger partial charge in [0.25, 0.3) is 5.91 Å². The van der Waals surface area contributed by atoms with Gasteiger partial charge in [-0.25, -0.2) is 23.2 Å². The van der Waals surface area contributed by atoms with Crippen molar-refractivity contribution in [1.82, 2.24) is 29.4 Å². The molecule has 2 aromatic heterocycles. The molecule has 0 unspecified atom stereocenters. The molecule has 11 heteroatoms. The van der Waals surface area contributed by atoms with Gasteiger partial charge >= 0.3 is 0 Å². The van der Waals surface area contributed by atoms with Crippen molar-refractivity contribution in [3.8, 4) is 5.69 Å². The van der Waals surface area contributed by atoms with E-state index in [0.717, 1.165) is 5.56 Å². The van der Waals surface area contributed by atoms with Crippen molar-refractivity contribution in [2.24, 2.45) is 5.14 Å². The summed E-state index contributed by atoms with van der Waals surface area (Å²) in [6, 6.07) is 17.5. The van der Waals surface area contributed by atoms with Crippen molar-refractivity contribution in [3.63, 3.8) is 0 Å². The van der Waals surface area contributed by atoms with Crippen LogP contribution in [0, 0.1) is 0 Å². The normalized spacial score (nSPS) is 11.5. The lowest BCUT2D eigenvalue weighted by Gasteiger charge is -2.19. The highest BCUT2D eigenvalue weighted by atomic mass is 32.2. The summed E-state index contributed by atoms with van der Waals surface area (Å²) in [5, 5.41) is 13.9. The minimum absolute atomic E-state index is 0.00643. The Hall–Kier alpha value is -3.83. The molecule has 0 aliphatic heterocycles. The lowest BCUT2D eigenvalue weighted by Crippen LogP contribution is -2.34. The summed E-state index contributed by atoms with van der Waals surface area (Å²) >= 11 is 0.